The van der Waals surface area contributed by atoms with Gasteiger partial charge >= 0.3 is 0 Å². The second-order valence-electron chi connectivity index (χ2n) is 5.10. The van der Waals surface area contributed by atoms with E-state index in [1.807, 2.05) is 30.3 Å². The summed E-state index contributed by atoms with van der Waals surface area (Å²) in [5.74, 6) is 0.322. The number of phenols is 1. The largest absolute Gasteiger partial charge is 0.508 e. The highest BCUT2D eigenvalue weighted by Gasteiger charge is 2.21. The number of fused-ring (bicyclic) bond motifs is 1. The SMILES string of the molecule is Oc1ccc2c(c1)C(Nc1cc(Cl)ccc1Br)CCC2. The molecule has 104 valence electrons. The molecule has 1 aliphatic rings. The molecule has 0 amide bonds. The summed E-state index contributed by atoms with van der Waals surface area (Å²) in [6.45, 7) is 0. The van der Waals surface area contributed by atoms with Crippen LogP contribution in [0.1, 0.15) is 30.0 Å². The van der Waals surface area contributed by atoms with Gasteiger partial charge in [-0.2, -0.15) is 0 Å². The third-order valence-corrected chi connectivity index (χ3v) is 4.63. The highest BCUT2D eigenvalue weighted by molar-refractivity contribution is 9.10. The standard InChI is InChI=1S/C16H15BrClNO/c17-14-7-5-11(18)8-16(14)19-15-3-1-2-10-4-6-12(20)9-13(10)15/h4-9,15,19-20H,1-3H2. The molecule has 0 aliphatic heterocycles. The highest BCUT2D eigenvalue weighted by Crippen LogP contribution is 2.36. The molecule has 0 bridgehead atoms. The molecule has 4 heteroatoms. The molecular formula is C16H15BrClNO. The summed E-state index contributed by atoms with van der Waals surface area (Å²) < 4.78 is 0.995. The molecule has 1 aliphatic carbocycles. The number of rotatable bonds is 2. The third kappa shape index (κ3) is 2.79. The van der Waals surface area contributed by atoms with Crippen molar-refractivity contribution in [3.05, 3.63) is 57.0 Å². The molecule has 0 heterocycles. The Balaban J connectivity index is 1.93. The van der Waals surface area contributed by atoms with Gasteiger partial charge in [-0.3, -0.25) is 0 Å². The van der Waals surface area contributed by atoms with Gasteiger partial charge in [0.05, 0.1) is 11.7 Å². The summed E-state index contributed by atoms with van der Waals surface area (Å²) in [5, 5.41) is 14.0. The lowest BCUT2D eigenvalue weighted by atomic mass is 9.87. The summed E-state index contributed by atoms with van der Waals surface area (Å²) in [4.78, 5) is 0. The highest BCUT2D eigenvalue weighted by atomic mass is 79.9. The average Bonchev–Trinajstić information content (AvgIpc) is 2.43. The lowest BCUT2D eigenvalue weighted by Crippen LogP contribution is -2.17. The number of hydrogen-bond donors (Lipinski definition) is 2. The first kappa shape index (κ1) is 13.8. The van der Waals surface area contributed by atoms with E-state index >= 15 is 0 Å². The van der Waals surface area contributed by atoms with Crippen LogP contribution in [0, 0.1) is 0 Å². The topological polar surface area (TPSA) is 32.3 Å². The summed E-state index contributed by atoms with van der Waals surface area (Å²) in [7, 11) is 0. The summed E-state index contributed by atoms with van der Waals surface area (Å²) >= 11 is 9.60. The Kier molecular flexibility index (Phi) is 3.90. The number of benzene rings is 2. The van der Waals surface area contributed by atoms with Gasteiger partial charge in [0.15, 0.2) is 0 Å². The van der Waals surface area contributed by atoms with Crippen molar-refractivity contribution < 1.29 is 5.11 Å². The van der Waals surface area contributed by atoms with Gasteiger partial charge in [0.2, 0.25) is 0 Å². The van der Waals surface area contributed by atoms with Crippen molar-refractivity contribution in [1.29, 1.82) is 0 Å². The number of hydrogen-bond acceptors (Lipinski definition) is 2. The summed E-state index contributed by atoms with van der Waals surface area (Å²) in [6.07, 6.45) is 3.27. The van der Waals surface area contributed by atoms with Gasteiger partial charge in [-0.15, -0.1) is 0 Å². The number of halogens is 2. The molecule has 2 aromatic rings. The third-order valence-electron chi connectivity index (χ3n) is 3.70. The second-order valence-corrected chi connectivity index (χ2v) is 6.39. The lowest BCUT2D eigenvalue weighted by molar-refractivity contribution is 0.471. The molecule has 0 saturated carbocycles. The van der Waals surface area contributed by atoms with Crippen LogP contribution in [0.5, 0.6) is 5.75 Å². The minimum atomic E-state index is 0.209. The molecule has 20 heavy (non-hydrogen) atoms. The summed E-state index contributed by atoms with van der Waals surface area (Å²) in [5.41, 5.74) is 3.48. The molecule has 0 aromatic heterocycles. The predicted molar refractivity (Wildman–Crippen MR) is 86.6 cm³/mol. The quantitative estimate of drug-likeness (QED) is 0.769. The van der Waals surface area contributed by atoms with Crippen molar-refractivity contribution in [2.75, 3.05) is 5.32 Å². The van der Waals surface area contributed by atoms with E-state index in [4.69, 9.17) is 11.6 Å². The van der Waals surface area contributed by atoms with Crippen LogP contribution in [-0.4, -0.2) is 5.11 Å². The van der Waals surface area contributed by atoms with Crippen LogP contribution >= 0.6 is 27.5 Å². The van der Waals surface area contributed by atoms with E-state index < -0.39 is 0 Å². The van der Waals surface area contributed by atoms with Crippen LogP contribution in [0.2, 0.25) is 5.02 Å². The predicted octanol–water partition coefficient (Wildman–Crippen LogP) is 5.30. The number of anilines is 1. The van der Waals surface area contributed by atoms with Crippen LogP contribution in [0.25, 0.3) is 0 Å². The van der Waals surface area contributed by atoms with Crippen molar-refractivity contribution in [2.45, 2.75) is 25.3 Å². The number of aromatic hydroxyl groups is 1. The first-order chi connectivity index (χ1) is 9.63. The monoisotopic (exact) mass is 351 g/mol. The van der Waals surface area contributed by atoms with Crippen molar-refractivity contribution in [3.63, 3.8) is 0 Å². The molecule has 0 saturated heterocycles. The molecule has 0 fully saturated rings. The molecule has 2 aromatic carbocycles. The maximum Gasteiger partial charge on any atom is 0.115 e. The summed E-state index contributed by atoms with van der Waals surface area (Å²) in [6, 6.07) is 11.6. The van der Waals surface area contributed by atoms with Crippen LogP contribution in [0.3, 0.4) is 0 Å². The van der Waals surface area contributed by atoms with Crippen molar-refractivity contribution in [1.82, 2.24) is 0 Å². The fraction of sp³-hybridized carbons (Fsp3) is 0.250. The minimum absolute atomic E-state index is 0.209. The zero-order valence-corrected chi connectivity index (χ0v) is 13.2. The Morgan fingerprint density at radius 2 is 2.05 bits per heavy atom. The first-order valence-electron chi connectivity index (χ1n) is 6.67. The van der Waals surface area contributed by atoms with E-state index in [1.54, 1.807) is 6.07 Å². The van der Waals surface area contributed by atoms with Gasteiger partial charge in [-0.25, -0.2) is 0 Å². The second kappa shape index (κ2) is 5.66. The number of phenolic OH excluding ortho intramolecular Hbond substituents is 1. The normalized spacial score (nSPS) is 17.6. The van der Waals surface area contributed by atoms with Crippen LogP contribution in [0.15, 0.2) is 40.9 Å². The maximum absolute atomic E-state index is 9.71. The van der Waals surface area contributed by atoms with E-state index in [0.29, 0.717) is 10.8 Å². The Morgan fingerprint density at radius 3 is 2.90 bits per heavy atom. The van der Waals surface area contributed by atoms with E-state index in [-0.39, 0.29) is 6.04 Å². The smallest absolute Gasteiger partial charge is 0.115 e. The van der Waals surface area contributed by atoms with E-state index in [1.165, 1.54) is 11.1 Å². The van der Waals surface area contributed by atoms with Gasteiger partial charge in [-0.05, 0) is 76.7 Å². The van der Waals surface area contributed by atoms with Crippen LogP contribution in [-0.2, 0) is 6.42 Å². The Morgan fingerprint density at radius 1 is 1.20 bits per heavy atom. The van der Waals surface area contributed by atoms with E-state index in [0.717, 1.165) is 29.4 Å². The Labute approximate surface area is 131 Å². The average molecular weight is 353 g/mol. The Bertz CT molecular complexity index is 644. The molecule has 1 unspecified atom stereocenters. The van der Waals surface area contributed by atoms with Crippen molar-refractivity contribution >= 4 is 33.2 Å². The number of aryl methyl sites for hydroxylation is 1. The Hall–Kier alpha value is -1.19. The first-order valence-corrected chi connectivity index (χ1v) is 7.84. The van der Waals surface area contributed by atoms with E-state index in [2.05, 4.69) is 21.2 Å². The molecule has 0 radical (unpaired) electrons. The van der Waals surface area contributed by atoms with Crippen molar-refractivity contribution in [2.24, 2.45) is 0 Å². The van der Waals surface area contributed by atoms with Gasteiger partial charge in [-0.1, -0.05) is 17.7 Å². The molecule has 0 spiro atoms. The molecular weight excluding hydrogens is 338 g/mol. The van der Waals surface area contributed by atoms with Crippen molar-refractivity contribution in [3.8, 4) is 5.75 Å². The maximum atomic E-state index is 9.71. The minimum Gasteiger partial charge on any atom is -0.508 e. The van der Waals surface area contributed by atoms with Gasteiger partial charge in [0.25, 0.3) is 0 Å². The molecule has 1 atom stereocenters. The van der Waals surface area contributed by atoms with E-state index in [9.17, 15) is 5.11 Å². The molecule has 2 N–H and O–H groups in total. The lowest BCUT2D eigenvalue weighted by Gasteiger charge is -2.28. The zero-order chi connectivity index (χ0) is 14.1. The molecule has 3 rings (SSSR count). The molecule has 2 nitrogen and oxygen atoms in total. The van der Waals surface area contributed by atoms with Gasteiger partial charge in [0, 0.05) is 9.50 Å². The fourth-order valence-corrected chi connectivity index (χ4v) is 3.27. The van der Waals surface area contributed by atoms with Gasteiger partial charge in [0.1, 0.15) is 5.75 Å². The van der Waals surface area contributed by atoms with Crippen LogP contribution in [0.4, 0.5) is 5.69 Å². The van der Waals surface area contributed by atoms with Gasteiger partial charge < -0.3 is 10.4 Å². The number of nitrogens with one attached hydrogen (secondary N) is 1. The van der Waals surface area contributed by atoms with Crippen LogP contribution < -0.4 is 5.32 Å². The zero-order valence-electron chi connectivity index (χ0n) is 10.9. The fourth-order valence-electron chi connectivity index (χ4n) is 2.73.